The van der Waals surface area contributed by atoms with Crippen LogP contribution in [-0.4, -0.2) is 29.0 Å². The van der Waals surface area contributed by atoms with Crippen LogP contribution < -0.4 is 5.73 Å². The Labute approximate surface area is 119 Å². The maximum atomic E-state index is 14.1. The van der Waals surface area contributed by atoms with Crippen molar-refractivity contribution in [1.82, 2.24) is 4.90 Å². The van der Waals surface area contributed by atoms with Crippen LogP contribution in [0.2, 0.25) is 0 Å². The Morgan fingerprint density at radius 3 is 2.95 bits per heavy atom. The molecule has 1 fully saturated rings. The summed E-state index contributed by atoms with van der Waals surface area (Å²) in [6.07, 6.45) is 3.59. The van der Waals surface area contributed by atoms with Crippen LogP contribution in [0.5, 0.6) is 0 Å². The van der Waals surface area contributed by atoms with E-state index < -0.39 is 0 Å². The predicted molar refractivity (Wildman–Crippen MR) is 77.2 cm³/mol. The van der Waals surface area contributed by atoms with Crippen molar-refractivity contribution in [2.24, 2.45) is 16.8 Å². The van der Waals surface area contributed by atoms with E-state index in [1.807, 2.05) is 0 Å². The average Bonchev–Trinajstić information content (AvgIpc) is 2.65. The van der Waals surface area contributed by atoms with E-state index in [1.165, 1.54) is 25.3 Å². The summed E-state index contributed by atoms with van der Waals surface area (Å²) in [7, 11) is 0. The van der Waals surface area contributed by atoms with Gasteiger partial charge < -0.3 is 10.9 Å². The van der Waals surface area contributed by atoms with Gasteiger partial charge in [0.1, 0.15) is 5.82 Å². The molecule has 110 valence electrons. The van der Waals surface area contributed by atoms with Crippen LogP contribution in [-0.2, 0) is 6.54 Å². The monoisotopic (exact) mass is 279 g/mol. The summed E-state index contributed by atoms with van der Waals surface area (Å²) < 4.78 is 14.1. The third kappa shape index (κ3) is 3.70. The molecule has 1 unspecified atom stereocenters. The van der Waals surface area contributed by atoms with E-state index in [1.54, 1.807) is 12.1 Å². The zero-order chi connectivity index (χ0) is 14.5. The first-order chi connectivity index (χ1) is 9.60. The molecule has 1 aromatic rings. The highest BCUT2D eigenvalue weighted by atomic mass is 19.1. The summed E-state index contributed by atoms with van der Waals surface area (Å²) in [4.78, 5) is 2.30. The number of hydrogen-bond donors (Lipinski definition) is 2. The molecular formula is C15H22FN3O. The predicted octanol–water partition coefficient (Wildman–Crippen LogP) is 2.54. The highest BCUT2D eigenvalue weighted by molar-refractivity contribution is 5.97. The van der Waals surface area contributed by atoms with Crippen molar-refractivity contribution in [3.05, 3.63) is 35.1 Å². The van der Waals surface area contributed by atoms with Gasteiger partial charge in [0, 0.05) is 17.7 Å². The van der Waals surface area contributed by atoms with Crippen molar-refractivity contribution >= 4 is 5.84 Å². The Hall–Kier alpha value is -1.62. The van der Waals surface area contributed by atoms with Crippen molar-refractivity contribution < 1.29 is 9.60 Å². The van der Waals surface area contributed by atoms with Gasteiger partial charge in [-0.2, -0.15) is 0 Å². The molecule has 1 aromatic carbocycles. The van der Waals surface area contributed by atoms with E-state index in [0.717, 1.165) is 19.0 Å². The molecule has 1 aliphatic rings. The van der Waals surface area contributed by atoms with Crippen molar-refractivity contribution in [3.8, 4) is 0 Å². The first-order valence-electron chi connectivity index (χ1n) is 7.09. The summed E-state index contributed by atoms with van der Waals surface area (Å²) in [6.45, 7) is 4.93. The zero-order valence-electron chi connectivity index (χ0n) is 11.8. The largest absolute Gasteiger partial charge is 0.409 e. The van der Waals surface area contributed by atoms with Crippen LogP contribution >= 0.6 is 0 Å². The molecule has 1 aliphatic heterocycles. The molecule has 0 aliphatic carbocycles. The van der Waals surface area contributed by atoms with Crippen molar-refractivity contribution in [2.45, 2.75) is 32.7 Å². The lowest BCUT2D eigenvalue weighted by Gasteiger charge is -2.20. The Balaban J connectivity index is 2.06. The van der Waals surface area contributed by atoms with Gasteiger partial charge in [-0.1, -0.05) is 24.2 Å². The fraction of sp³-hybridized carbons (Fsp3) is 0.533. The van der Waals surface area contributed by atoms with Gasteiger partial charge in [-0.05, 0) is 44.3 Å². The third-order valence-corrected chi connectivity index (χ3v) is 3.96. The van der Waals surface area contributed by atoms with Gasteiger partial charge in [0.25, 0.3) is 0 Å². The SMILES string of the molecule is CC1CCCN(Cc2ccc(C(N)=NO)cc2F)CC1. The van der Waals surface area contributed by atoms with Gasteiger partial charge in [-0.3, -0.25) is 4.90 Å². The summed E-state index contributed by atoms with van der Waals surface area (Å²) >= 11 is 0. The Kier molecular flexibility index (Phi) is 4.95. The highest BCUT2D eigenvalue weighted by Gasteiger charge is 2.15. The minimum Gasteiger partial charge on any atom is -0.409 e. The van der Waals surface area contributed by atoms with E-state index in [-0.39, 0.29) is 11.7 Å². The Morgan fingerprint density at radius 1 is 1.45 bits per heavy atom. The molecule has 0 spiro atoms. The number of nitrogens with zero attached hydrogens (tertiary/aromatic N) is 2. The number of likely N-dealkylation sites (tertiary alicyclic amines) is 1. The number of rotatable bonds is 3. The standard InChI is InChI=1S/C15H22FN3O/c1-11-3-2-7-19(8-6-11)10-13-5-4-12(9-14(13)16)15(17)18-20/h4-5,9,11,20H,2-3,6-8,10H2,1H3,(H2,17,18). The van der Waals surface area contributed by atoms with Crippen molar-refractivity contribution in [3.63, 3.8) is 0 Å². The summed E-state index contributed by atoms with van der Waals surface area (Å²) in [5, 5.41) is 11.5. The van der Waals surface area contributed by atoms with E-state index in [4.69, 9.17) is 10.9 Å². The van der Waals surface area contributed by atoms with E-state index in [0.29, 0.717) is 17.7 Å². The Bertz CT molecular complexity index is 490. The molecule has 0 bridgehead atoms. The number of amidine groups is 1. The molecule has 4 nitrogen and oxygen atoms in total. The van der Waals surface area contributed by atoms with Crippen LogP contribution in [0.15, 0.2) is 23.4 Å². The lowest BCUT2D eigenvalue weighted by molar-refractivity contribution is 0.270. The fourth-order valence-corrected chi connectivity index (χ4v) is 2.61. The molecule has 1 saturated heterocycles. The normalized spacial score (nSPS) is 21.7. The fourth-order valence-electron chi connectivity index (χ4n) is 2.61. The average molecular weight is 279 g/mol. The van der Waals surface area contributed by atoms with E-state index in [9.17, 15) is 4.39 Å². The molecular weight excluding hydrogens is 257 g/mol. The van der Waals surface area contributed by atoms with Gasteiger partial charge in [0.2, 0.25) is 0 Å². The van der Waals surface area contributed by atoms with Crippen LogP contribution in [0, 0.1) is 11.7 Å². The second-order valence-electron chi connectivity index (χ2n) is 5.60. The first-order valence-corrected chi connectivity index (χ1v) is 7.09. The minimum absolute atomic E-state index is 0.0703. The molecule has 2 rings (SSSR count). The third-order valence-electron chi connectivity index (χ3n) is 3.96. The summed E-state index contributed by atoms with van der Waals surface area (Å²) in [6, 6.07) is 4.73. The molecule has 20 heavy (non-hydrogen) atoms. The van der Waals surface area contributed by atoms with Crippen molar-refractivity contribution in [1.29, 1.82) is 0 Å². The number of benzene rings is 1. The number of nitrogens with two attached hydrogens (primary N) is 1. The summed E-state index contributed by atoms with van der Waals surface area (Å²) in [5.74, 6) is 0.387. The molecule has 5 heteroatoms. The lowest BCUT2D eigenvalue weighted by Crippen LogP contribution is -2.25. The molecule has 0 radical (unpaired) electrons. The lowest BCUT2D eigenvalue weighted by atomic mass is 10.0. The topological polar surface area (TPSA) is 61.8 Å². The Morgan fingerprint density at radius 2 is 2.25 bits per heavy atom. The maximum absolute atomic E-state index is 14.1. The first kappa shape index (κ1) is 14.8. The number of halogens is 1. The number of oxime groups is 1. The molecule has 1 heterocycles. The van der Waals surface area contributed by atoms with Gasteiger partial charge in [-0.25, -0.2) is 4.39 Å². The summed E-state index contributed by atoms with van der Waals surface area (Å²) in [5.41, 5.74) is 6.52. The second-order valence-corrected chi connectivity index (χ2v) is 5.60. The van der Waals surface area contributed by atoms with Crippen molar-refractivity contribution in [2.75, 3.05) is 13.1 Å². The van der Waals surface area contributed by atoms with Gasteiger partial charge in [0.05, 0.1) is 0 Å². The molecule has 0 saturated carbocycles. The van der Waals surface area contributed by atoms with Gasteiger partial charge >= 0.3 is 0 Å². The molecule has 1 atom stereocenters. The van der Waals surface area contributed by atoms with Crippen LogP contribution in [0.25, 0.3) is 0 Å². The maximum Gasteiger partial charge on any atom is 0.170 e. The van der Waals surface area contributed by atoms with Gasteiger partial charge in [-0.15, -0.1) is 0 Å². The smallest absolute Gasteiger partial charge is 0.170 e. The minimum atomic E-state index is -0.300. The molecule has 3 N–H and O–H groups in total. The molecule has 0 aromatic heterocycles. The zero-order valence-corrected chi connectivity index (χ0v) is 11.8. The highest BCUT2D eigenvalue weighted by Crippen LogP contribution is 2.19. The second kappa shape index (κ2) is 6.70. The van der Waals surface area contributed by atoms with E-state index in [2.05, 4.69) is 17.0 Å². The number of hydrogen-bond acceptors (Lipinski definition) is 3. The van der Waals surface area contributed by atoms with Crippen LogP contribution in [0.1, 0.15) is 37.3 Å². The quantitative estimate of drug-likeness (QED) is 0.387. The molecule has 0 amide bonds. The van der Waals surface area contributed by atoms with E-state index >= 15 is 0 Å². The van der Waals surface area contributed by atoms with Crippen LogP contribution in [0.4, 0.5) is 4.39 Å². The van der Waals surface area contributed by atoms with Gasteiger partial charge in [0.15, 0.2) is 5.84 Å². The van der Waals surface area contributed by atoms with Crippen LogP contribution in [0.3, 0.4) is 0 Å².